The molecule has 1 N–H and O–H groups in total. The van der Waals surface area contributed by atoms with Gasteiger partial charge in [-0.15, -0.1) is 15.3 Å². The first-order chi connectivity index (χ1) is 33.1. The Kier molecular flexibility index (Phi) is 27.3. The summed E-state index contributed by atoms with van der Waals surface area (Å²) in [5, 5.41) is 15.7. The lowest BCUT2D eigenvalue weighted by atomic mass is 10.2. The van der Waals surface area contributed by atoms with Crippen molar-refractivity contribution < 1.29 is 28.4 Å². The minimum atomic E-state index is -1.09. The predicted molar refractivity (Wildman–Crippen MR) is 302 cm³/mol. The summed E-state index contributed by atoms with van der Waals surface area (Å²) in [7, 11) is -3.05. The summed E-state index contributed by atoms with van der Waals surface area (Å²) < 4.78 is 39.3. The van der Waals surface area contributed by atoms with Gasteiger partial charge in [0.15, 0.2) is 17.5 Å². The largest absolute Gasteiger partial charge is 0.464 e. The molecule has 15 nitrogen and oxygen atoms in total. The number of rotatable bonds is 23. The van der Waals surface area contributed by atoms with Crippen molar-refractivity contribution in [3.63, 3.8) is 0 Å². The van der Waals surface area contributed by atoms with Crippen LogP contribution in [0.1, 0.15) is 20.8 Å². The van der Waals surface area contributed by atoms with E-state index in [-0.39, 0.29) is 0 Å². The Morgan fingerprint density at radius 3 is 1.43 bits per heavy atom. The van der Waals surface area contributed by atoms with E-state index in [0.29, 0.717) is 69.0 Å². The average molecular weight is 1230 g/mol. The second-order valence-corrected chi connectivity index (χ2v) is 39.1. The minimum absolute atomic E-state index is 0.338. The van der Waals surface area contributed by atoms with Gasteiger partial charge >= 0.3 is 18.0 Å². The standard InChI is InChI=1S/2C16H24BrN3O2Si.C10H10BrN3O.C6H15ClOSi/c1-5-22-16-18-15(13-6-8-14(17)9-7-13)20(19-16)12-21-10-11-23(2,3)4;1-5-22-16-18-15(13-6-8-14(17)9-7-13)19-20(16)12-21-10-11-23(2,3)4;1-2-15-10-12-9(13-14-10)7-3-5-8(11)6-4-7;1-9(2,3)5-4-8-6-7/h2*6-9H,5,10-12H2,1-4H3;3-6H,2H2,1H3,(H,12,13,14);4-6H2,1-3H3. The van der Waals surface area contributed by atoms with Crippen molar-refractivity contribution in [2.24, 2.45) is 0 Å². The van der Waals surface area contributed by atoms with Crippen molar-refractivity contribution in [2.45, 2.75) is 111 Å². The Morgan fingerprint density at radius 1 is 0.514 bits per heavy atom. The molecule has 0 aliphatic carbocycles. The number of nitrogens with one attached hydrogen (secondary N) is 1. The Balaban J connectivity index is 0.000000260. The van der Waals surface area contributed by atoms with Gasteiger partial charge in [0.1, 0.15) is 19.5 Å². The number of aromatic nitrogens is 9. The number of nitrogens with zero attached hydrogens (tertiary/aromatic N) is 8. The maximum atomic E-state index is 5.80. The number of halogens is 4. The molecule has 0 amide bonds. The van der Waals surface area contributed by atoms with Gasteiger partial charge in [0.05, 0.1) is 19.8 Å². The minimum Gasteiger partial charge on any atom is -0.464 e. The first-order valence-corrected chi connectivity index (χ1v) is 37.4. The lowest BCUT2D eigenvalue weighted by Crippen LogP contribution is -2.22. The van der Waals surface area contributed by atoms with Gasteiger partial charge in [0.2, 0.25) is 0 Å². The van der Waals surface area contributed by atoms with Crippen LogP contribution in [0.4, 0.5) is 0 Å². The maximum absolute atomic E-state index is 5.80. The van der Waals surface area contributed by atoms with Crippen LogP contribution in [0.15, 0.2) is 86.2 Å². The molecule has 0 unspecified atom stereocenters. The molecule has 6 aromatic rings. The van der Waals surface area contributed by atoms with E-state index in [1.807, 2.05) is 93.6 Å². The smallest absolute Gasteiger partial charge is 0.336 e. The zero-order chi connectivity index (χ0) is 51.7. The molecule has 0 saturated heterocycles. The fourth-order valence-electron chi connectivity index (χ4n) is 5.45. The van der Waals surface area contributed by atoms with Gasteiger partial charge in [0, 0.05) is 74.2 Å². The molecule has 0 fully saturated rings. The number of benzene rings is 3. The summed E-state index contributed by atoms with van der Waals surface area (Å²) in [5.74, 6) is 2.12. The van der Waals surface area contributed by atoms with Crippen LogP contribution in [0, 0.1) is 0 Å². The van der Waals surface area contributed by atoms with Crippen molar-refractivity contribution >= 4 is 83.6 Å². The Hall–Kier alpha value is -3.26. The lowest BCUT2D eigenvalue weighted by Gasteiger charge is -2.15. The Bertz CT molecular complexity index is 2360. The van der Waals surface area contributed by atoms with E-state index in [9.17, 15) is 0 Å². The summed E-state index contributed by atoms with van der Waals surface area (Å²) >= 11 is 15.6. The average Bonchev–Trinajstić information content (AvgIpc) is 4.04. The number of aromatic amines is 1. The number of H-pyrrole nitrogens is 1. The fraction of sp³-hybridized carbons (Fsp3) is 0.500. The maximum Gasteiger partial charge on any atom is 0.336 e. The molecule has 70 heavy (non-hydrogen) atoms. The van der Waals surface area contributed by atoms with Crippen molar-refractivity contribution in [1.82, 2.24) is 44.7 Å². The van der Waals surface area contributed by atoms with Crippen LogP contribution in [0.5, 0.6) is 18.0 Å². The van der Waals surface area contributed by atoms with Crippen molar-refractivity contribution in [3.8, 4) is 52.2 Å². The van der Waals surface area contributed by atoms with E-state index in [0.717, 1.165) is 67.8 Å². The molecule has 0 bridgehead atoms. The van der Waals surface area contributed by atoms with Gasteiger partial charge in [-0.1, -0.05) is 155 Å². The normalized spacial score (nSPS) is 11.4. The highest BCUT2D eigenvalue weighted by atomic mass is 79.9. The van der Waals surface area contributed by atoms with Gasteiger partial charge in [-0.2, -0.15) is 19.6 Å². The summed E-state index contributed by atoms with van der Waals surface area (Å²) in [4.78, 5) is 13.1. The van der Waals surface area contributed by atoms with Gasteiger partial charge in [0.25, 0.3) is 0 Å². The molecule has 3 heterocycles. The zero-order valence-corrected chi connectivity index (χ0v) is 51.5. The molecular formula is C48H73Br3ClN9O6Si3. The molecule has 0 spiro atoms. The second kappa shape index (κ2) is 31.4. The molecule has 22 heteroatoms. The predicted octanol–water partition coefficient (Wildman–Crippen LogP) is 14.0. The van der Waals surface area contributed by atoms with E-state index in [1.54, 1.807) is 9.36 Å². The fourth-order valence-corrected chi connectivity index (χ4v) is 8.62. The molecule has 0 atom stereocenters. The van der Waals surface area contributed by atoms with Crippen LogP contribution >= 0.6 is 59.4 Å². The molecule has 386 valence electrons. The molecule has 0 radical (unpaired) electrons. The molecule has 0 aliphatic heterocycles. The topological polar surface area (TPSA) is 158 Å². The highest BCUT2D eigenvalue weighted by molar-refractivity contribution is 9.11. The zero-order valence-electron chi connectivity index (χ0n) is 43.0. The highest BCUT2D eigenvalue weighted by Gasteiger charge is 2.17. The Labute approximate surface area is 448 Å². The molecule has 3 aromatic heterocycles. The third-order valence-electron chi connectivity index (χ3n) is 9.39. The van der Waals surface area contributed by atoms with Crippen molar-refractivity contribution in [2.75, 3.05) is 45.7 Å². The van der Waals surface area contributed by atoms with Crippen LogP contribution in [-0.2, 0) is 27.7 Å². The second-order valence-electron chi connectivity index (χ2n) is 19.2. The summed E-state index contributed by atoms with van der Waals surface area (Å²) in [6.45, 7) is 31.5. The van der Waals surface area contributed by atoms with Crippen LogP contribution < -0.4 is 14.2 Å². The molecule has 6 rings (SSSR count). The van der Waals surface area contributed by atoms with Crippen LogP contribution in [0.3, 0.4) is 0 Å². The number of hydrogen-bond donors (Lipinski definition) is 1. The lowest BCUT2D eigenvalue weighted by molar-refractivity contribution is 0.0700. The van der Waals surface area contributed by atoms with Gasteiger partial charge in [-0.05, 0) is 75.3 Å². The van der Waals surface area contributed by atoms with E-state index < -0.39 is 24.2 Å². The summed E-state index contributed by atoms with van der Waals surface area (Å²) in [6.07, 6.45) is 0. The molecular weight excluding hydrogens is 1160 g/mol. The molecule has 0 aliphatic rings. The van der Waals surface area contributed by atoms with E-state index in [4.69, 9.17) is 40.0 Å². The highest BCUT2D eigenvalue weighted by Crippen LogP contribution is 2.24. The SMILES string of the molecule is CCOc1n[nH]c(-c2ccc(Br)cc2)n1.CCOc1nc(-c2ccc(Br)cc2)n(COCC[Si](C)(C)C)n1.CCOc1nc(-c2ccc(Br)cc2)nn1COCC[Si](C)(C)C.C[Si](C)(C)CCOCCl. The Morgan fingerprint density at radius 2 is 0.957 bits per heavy atom. The summed E-state index contributed by atoms with van der Waals surface area (Å²) in [6, 6.07) is 28.8. The van der Waals surface area contributed by atoms with Crippen molar-refractivity contribution in [1.29, 1.82) is 0 Å². The van der Waals surface area contributed by atoms with E-state index in [2.05, 4.69) is 142 Å². The third-order valence-corrected chi connectivity index (χ3v) is 16.2. The number of hydrogen-bond acceptors (Lipinski definition) is 12. The third kappa shape index (κ3) is 24.9. The van der Waals surface area contributed by atoms with Gasteiger partial charge in [-0.25, -0.2) is 4.68 Å². The van der Waals surface area contributed by atoms with E-state index >= 15 is 0 Å². The van der Waals surface area contributed by atoms with Gasteiger partial charge < -0.3 is 28.4 Å². The van der Waals surface area contributed by atoms with Crippen LogP contribution in [0.25, 0.3) is 34.2 Å². The van der Waals surface area contributed by atoms with Gasteiger partial charge in [-0.3, -0.25) is 5.10 Å². The van der Waals surface area contributed by atoms with Crippen LogP contribution in [0.2, 0.25) is 77.1 Å². The monoisotopic (exact) mass is 1230 g/mol. The number of ether oxygens (including phenoxy) is 6. The first kappa shape index (κ1) is 61.0. The summed E-state index contributed by atoms with van der Waals surface area (Å²) in [5.41, 5.74) is 2.92. The first-order valence-electron chi connectivity index (χ1n) is 23.4. The molecule has 3 aromatic carbocycles. The van der Waals surface area contributed by atoms with E-state index in [1.165, 1.54) is 6.04 Å². The quantitative estimate of drug-likeness (QED) is 0.0368. The van der Waals surface area contributed by atoms with Crippen molar-refractivity contribution in [3.05, 3.63) is 86.2 Å². The number of alkyl halides is 1. The molecule has 0 saturated carbocycles. The van der Waals surface area contributed by atoms with Crippen LogP contribution in [-0.4, -0.2) is 115 Å².